The fraction of sp³-hybridized carbons (Fsp3) is 0.600. The topological polar surface area (TPSA) is 47.0 Å². The zero-order valence-corrected chi connectivity index (χ0v) is 10.4. The number of aromatic nitrogens is 2. The van der Waals surface area contributed by atoms with Gasteiger partial charge in [0.25, 0.3) is 0 Å². The highest BCUT2D eigenvalue weighted by Crippen LogP contribution is 2.27. The van der Waals surface area contributed by atoms with Gasteiger partial charge in [0.05, 0.1) is 18.3 Å². The Labute approximate surface area is 104 Å². The summed E-state index contributed by atoms with van der Waals surface area (Å²) in [4.78, 5) is 7.86. The molecule has 0 radical (unpaired) electrons. The SMILES string of the molecule is COC1CCCC1Nc1nc(Cl)ncc1Cl. The van der Waals surface area contributed by atoms with Crippen LogP contribution in [0, 0.1) is 0 Å². The highest BCUT2D eigenvalue weighted by Gasteiger charge is 2.27. The number of ether oxygens (including phenoxy) is 1. The Morgan fingerprint density at radius 2 is 2.25 bits per heavy atom. The summed E-state index contributed by atoms with van der Waals surface area (Å²) >= 11 is 11.7. The second kappa shape index (κ2) is 5.17. The number of hydrogen-bond donors (Lipinski definition) is 1. The highest BCUT2D eigenvalue weighted by atomic mass is 35.5. The second-order valence-electron chi connectivity index (χ2n) is 3.79. The van der Waals surface area contributed by atoms with Crippen molar-refractivity contribution < 1.29 is 4.74 Å². The van der Waals surface area contributed by atoms with Gasteiger partial charge in [-0.25, -0.2) is 4.98 Å². The zero-order valence-electron chi connectivity index (χ0n) is 8.91. The molecular formula is C10H13Cl2N3O. The van der Waals surface area contributed by atoms with Crippen molar-refractivity contribution in [3.05, 3.63) is 16.5 Å². The van der Waals surface area contributed by atoms with Gasteiger partial charge in [-0.05, 0) is 30.9 Å². The Bertz CT molecular complexity index is 375. The molecule has 0 aliphatic heterocycles. The Hall–Kier alpha value is -0.580. The normalized spacial score (nSPS) is 24.7. The largest absolute Gasteiger partial charge is 0.379 e. The predicted octanol–water partition coefficient (Wildman–Crippen LogP) is 2.76. The lowest BCUT2D eigenvalue weighted by molar-refractivity contribution is 0.101. The van der Waals surface area contributed by atoms with Crippen LogP contribution in [0.4, 0.5) is 5.82 Å². The molecule has 1 aliphatic rings. The van der Waals surface area contributed by atoms with E-state index in [0.717, 1.165) is 19.3 Å². The monoisotopic (exact) mass is 261 g/mol. The third-order valence-corrected chi connectivity index (χ3v) is 3.25. The maximum Gasteiger partial charge on any atom is 0.224 e. The molecule has 0 aromatic carbocycles. The number of halogens is 2. The molecule has 1 fully saturated rings. The van der Waals surface area contributed by atoms with Gasteiger partial charge in [0.1, 0.15) is 10.8 Å². The Kier molecular flexibility index (Phi) is 3.84. The highest BCUT2D eigenvalue weighted by molar-refractivity contribution is 6.33. The van der Waals surface area contributed by atoms with Crippen molar-refractivity contribution in [3.8, 4) is 0 Å². The molecule has 0 amide bonds. The first-order valence-electron chi connectivity index (χ1n) is 5.18. The molecule has 2 rings (SSSR count). The summed E-state index contributed by atoms with van der Waals surface area (Å²) in [5.41, 5.74) is 0. The van der Waals surface area contributed by atoms with Crippen LogP contribution in [-0.4, -0.2) is 29.2 Å². The number of nitrogens with zero attached hydrogens (tertiary/aromatic N) is 2. The molecule has 1 N–H and O–H groups in total. The lowest BCUT2D eigenvalue weighted by Gasteiger charge is -2.20. The molecule has 4 nitrogen and oxygen atoms in total. The van der Waals surface area contributed by atoms with Crippen LogP contribution in [0.15, 0.2) is 6.20 Å². The van der Waals surface area contributed by atoms with Gasteiger partial charge < -0.3 is 10.1 Å². The van der Waals surface area contributed by atoms with E-state index in [1.54, 1.807) is 7.11 Å². The van der Waals surface area contributed by atoms with E-state index in [4.69, 9.17) is 27.9 Å². The second-order valence-corrected chi connectivity index (χ2v) is 4.54. The van der Waals surface area contributed by atoms with Gasteiger partial charge in [0.2, 0.25) is 5.28 Å². The van der Waals surface area contributed by atoms with E-state index in [9.17, 15) is 0 Å². The van der Waals surface area contributed by atoms with Gasteiger partial charge >= 0.3 is 0 Å². The minimum absolute atomic E-state index is 0.193. The molecule has 1 heterocycles. The van der Waals surface area contributed by atoms with Gasteiger partial charge in [0, 0.05) is 7.11 Å². The van der Waals surface area contributed by atoms with E-state index in [2.05, 4.69) is 15.3 Å². The van der Waals surface area contributed by atoms with Crippen LogP contribution >= 0.6 is 23.2 Å². The van der Waals surface area contributed by atoms with Crippen LogP contribution in [0.5, 0.6) is 0 Å². The number of nitrogens with one attached hydrogen (secondary N) is 1. The van der Waals surface area contributed by atoms with Gasteiger partial charge in [-0.1, -0.05) is 11.6 Å². The van der Waals surface area contributed by atoms with Crippen LogP contribution in [0.25, 0.3) is 0 Å². The number of methoxy groups -OCH3 is 1. The molecule has 1 aromatic rings. The van der Waals surface area contributed by atoms with Crippen molar-refractivity contribution in [2.75, 3.05) is 12.4 Å². The smallest absolute Gasteiger partial charge is 0.224 e. The Morgan fingerprint density at radius 3 is 3.00 bits per heavy atom. The molecule has 1 aliphatic carbocycles. The molecule has 2 unspecified atom stereocenters. The number of hydrogen-bond acceptors (Lipinski definition) is 4. The average molecular weight is 262 g/mol. The van der Waals surface area contributed by atoms with Crippen LogP contribution in [0.2, 0.25) is 10.3 Å². The molecule has 0 spiro atoms. The first-order valence-corrected chi connectivity index (χ1v) is 5.93. The van der Waals surface area contributed by atoms with Gasteiger partial charge in [-0.3, -0.25) is 0 Å². The fourth-order valence-corrected chi connectivity index (χ4v) is 2.27. The summed E-state index contributed by atoms with van der Waals surface area (Å²) in [7, 11) is 1.72. The average Bonchev–Trinajstić information content (AvgIpc) is 2.71. The lowest BCUT2D eigenvalue weighted by Crippen LogP contribution is -2.30. The first-order chi connectivity index (χ1) is 7.70. The first kappa shape index (κ1) is 11.9. The van der Waals surface area contributed by atoms with E-state index in [1.807, 2.05) is 0 Å². The fourth-order valence-electron chi connectivity index (χ4n) is 2.00. The summed E-state index contributed by atoms with van der Waals surface area (Å²) in [6.07, 6.45) is 4.97. The van der Waals surface area contributed by atoms with E-state index >= 15 is 0 Å². The van der Waals surface area contributed by atoms with E-state index in [0.29, 0.717) is 10.8 Å². The van der Waals surface area contributed by atoms with Crippen LogP contribution in [0.3, 0.4) is 0 Å². The summed E-state index contributed by atoms with van der Waals surface area (Å²) in [6.45, 7) is 0. The molecule has 2 atom stereocenters. The molecule has 1 aromatic heterocycles. The third kappa shape index (κ3) is 2.56. The summed E-state index contributed by atoms with van der Waals surface area (Å²) in [6, 6.07) is 0.244. The van der Waals surface area contributed by atoms with Crippen molar-refractivity contribution in [1.82, 2.24) is 9.97 Å². The van der Waals surface area contributed by atoms with Crippen LogP contribution in [-0.2, 0) is 4.74 Å². The third-order valence-electron chi connectivity index (χ3n) is 2.79. The Morgan fingerprint density at radius 1 is 1.44 bits per heavy atom. The molecule has 1 saturated carbocycles. The van der Waals surface area contributed by atoms with Crippen molar-refractivity contribution in [3.63, 3.8) is 0 Å². The summed E-state index contributed by atoms with van der Waals surface area (Å²) in [5.74, 6) is 0.579. The van der Waals surface area contributed by atoms with Gasteiger partial charge in [-0.2, -0.15) is 4.98 Å². The lowest BCUT2D eigenvalue weighted by atomic mass is 10.2. The maximum atomic E-state index is 5.98. The maximum absolute atomic E-state index is 5.98. The van der Waals surface area contributed by atoms with E-state index < -0.39 is 0 Å². The minimum atomic E-state index is 0.193. The van der Waals surface area contributed by atoms with Crippen molar-refractivity contribution >= 4 is 29.0 Å². The molecular weight excluding hydrogens is 249 g/mol. The molecule has 16 heavy (non-hydrogen) atoms. The van der Waals surface area contributed by atoms with Crippen molar-refractivity contribution in [1.29, 1.82) is 0 Å². The zero-order chi connectivity index (χ0) is 11.5. The van der Waals surface area contributed by atoms with E-state index in [-0.39, 0.29) is 17.4 Å². The van der Waals surface area contributed by atoms with Crippen LogP contribution in [0.1, 0.15) is 19.3 Å². The quantitative estimate of drug-likeness (QED) is 0.851. The summed E-state index contributed by atoms with van der Waals surface area (Å²) in [5, 5.41) is 3.93. The predicted molar refractivity (Wildman–Crippen MR) is 64.1 cm³/mol. The molecule has 0 bridgehead atoms. The minimum Gasteiger partial charge on any atom is -0.379 e. The Balaban J connectivity index is 2.11. The molecule has 6 heteroatoms. The van der Waals surface area contributed by atoms with E-state index in [1.165, 1.54) is 6.20 Å². The number of anilines is 1. The number of rotatable bonds is 3. The van der Waals surface area contributed by atoms with Crippen molar-refractivity contribution in [2.45, 2.75) is 31.4 Å². The van der Waals surface area contributed by atoms with Crippen molar-refractivity contribution in [2.24, 2.45) is 0 Å². The molecule has 0 saturated heterocycles. The standard InChI is InChI=1S/C10H13Cl2N3O/c1-16-8-4-2-3-7(8)14-9-6(11)5-13-10(12)15-9/h5,7-8H,2-4H2,1H3,(H,13,14,15). The van der Waals surface area contributed by atoms with Crippen LogP contribution < -0.4 is 5.32 Å². The summed E-state index contributed by atoms with van der Waals surface area (Å²) < 4.78 is 5.38. The van der Waals surface area contributed by atoms with Gasteiger partial charge in [-0.15, -0.1) is 0 Å². The molecule has 88 valence electrons. The van der Waals surface area contributed by atoms with Gasteiger partial charge in [0.15, 0.2) is 0 Å².